The normalized spacial score (nSPS) is 11.5. The van der Waals surface area contributed by atoms with Crippen LogP contribution < -0.4 is 0 Å². The van der Waals surface area contributed by atoms with Crippen LogP contribution in [0, 0.1) is 0 Å². The first-order valence-corrected chi connectivity index (χ1v) is 6.16. The van der Waals surface area contributed by atoms with Crippen molar-refractivity contribution in [1.82, 2.24) is 0 Å². The summed E-state index contributed by atoms with van der Waals surface area (Å²) in [5.74, 6) is 0.672. The summed E-state index contributed by atoms with van der Waals surface area (Å²) in [6.07, 6.45) is 5.69. The van der Waals surface area contributed by atoms with Gasteiger partial charge >= 0.3 is 0 Å². The summed E-state index contributed by atoms with van der Waals surface area (Å²) in [7, 11) is 0. The molecule has 0 aliphatic rings. The van der Waals surface area contributed by atoms with Gasteiger partial charge in [-0.05, 0) is 37.0 Å². The Balaban J connectivity index is 2.66. The van der Waals surface area contributed by atoms with E-state index < -0.39 is 0 Å². The summed E-state index contributed by atoms with van der Waals surface area (Å²) in [6, 6.07) is 7.27. The molecule has 0 saturated heterocycles. The minimum Gasteiger partial charge on any atom is -0.298 e. The quantitative estimate of drug-likeness (QED) is 0.321. The second kappa shape index (κ2) is 7.48. The zero-order valence-corrected chi connectivity index (χ0v) is 10.5. The average Bonchev–Trinajstić information content (AvgIpc) is 2.31. The molecule has 0 aliphatic heterocycles. The van der Waals surface area contributed by atoms with Gasteiger partial charge in [0.2, 0.25) is 0 Å². The highest BCUT2D eigenvalue weighted by atomic mass is 35.5. The Bertz CT molecular complexity index is 355. The van der Waals surface area contributed by atoms with Gasteiger partial charge in [-0.2, -0.15) is 0 Å². The van der Waals surface area contributed by atoms with Crippen LogP contribution in [0.15, 0.2) is 30.3 Å². The Morgan fingerprint density at radius 1 is 1.19 bits per heavy atom. The molecule has 0 unspecified atom stereocenters. The van der Waals surface area contributed by atoms with Crippen LogP contribution in [0.2, 0.25) is 5.02 Å². The van der Waals surface area contributed by atoms with Crippen LogP contribution in [-0.2, 0) is 4.79 Å². The lowest BCUT2D eigenvalue weighted by Crippen LogP contribution is -1.86. The molecule has 0 amide bonds. The lowest BCUT2D eigenvalue weighted by Gasteiger charge is -2.00. The fourth-order valence-corrected chi connectivity index (χ4v) is 1.69. The number of aldehydes is 1. The van der Waals surface area contributed by atoms with E-state index in [1.807, 2.05) is 18.2 Å². The molecule has 0 fully saturated rings. The van der Waals surface area contributed by atoms with Crippen LogP contribution in [0.3, 0.4) is 0 Å². The van der Waals surface area contributed by atoms with E-state index in [1.54, 1.807) is 12.1 Å². The number of allylic oxidation sites excluding steroid dienone is 2. The van der Waals surface area contributed by atoms with E-state index in [9.17, 15) is 4.79 Å². The van der Waals surface area contributed by atoms with Gasteiger partial charge in [-0.1, -0.05) is 29.8 Å². The van der Waals surface area contributed by atoms with Gasteiger partial charge in [-0.15, -0.1) is 11.6 Å². The Morgan fingerprint density at radius 2 is 1.88 bits per heavy atom. The monoisotopic (exact) mass is 256 g/mol. The van der Waals surface area contributed by atoms with E-state index in [0.29, 0.717) is 16.5 Å². The molecular formula is C13H14Cl2O. The zero-order valence-electron chi connectivity index (χ0n) is 8.96. The first-order valence-electron chi connectivity index (χ1n) is 5.25. The van der Waals surface area contributed by atoms with Crippen LogP contribution in [0.5, 0.6) is 0 Å². The number of rotatable bonds is 6. The number of carbonyl (C=O) groups excluding carboxylic acids is 1. The third kappa shape index (κ3) is 4.38. The molecular weight excluding hydrogens is 243 g/mol. The molecule has 3 heteroatoms. The summed E-state index contributed by atoms with van der Waals surface area (Å²) >= 11 is 11.4. The summed E-state index contributed by atoms with van der Waals surface area (Å²) in [6.45, 7) is 0. The fraction of sp³-hybridized carbons (Fsp3) is 0.308. The predicted molar refractivity (Wildman–Crippen MR) is 70.1 cm³/mol. The third-order valence-electron chi connectivity index (χ3n) is 2.26. The minimum absolute atomic E-state index is 0.672. The van der Waals surface area contributed by atoms with Gasteiger partial charge in [0.1, 0.15) is 6.29 Å². The number of benzene rings is 1. The molecule has 0 aliphatic carbocycles. The molecule has 0 aromatic heterocycles. The lowest BCUT2D eigenvalue weighted by atomic mass is 10.1. The third-order valence-corrected chi connectivity index (χ3v) is 2.78. The van der Waals surface area contributed by atoms with Gasteiger partial charge in [0.15, 0.2) is 0 Å². The van der Waals surface area contributed by atoms with Crippen molar-refractivity contribution in [1.29, 1.82) is 0 Å². The molecule has 0 N–H and O–H groups in total. The van der Waals surface area contributed by atoms with Crippen LogP contribution >= 0.6 is 23.2 Å². The van der Waals surface area contributed by atoms with Crippen molar-refractivity contribution in [3.8, 4) is 0 Å². The Kier molecular flexibility index (Phi) is 6.20. The maximum absolute atomic E-state index is 10.9. The van der Waals surface area contributed by atoms with Gasteiger partial charge in [0.05, 0.1) is 0 Å². The van der Waals surface area contributed by atoms with Crippen LogP contribution in [0.4, 0.5) is 0 Å². The number of hydrogen-bond acceptors (Lipinski definition) is 1. The number of alkyl halides is 1. The number of halogens is 2. The topological polar surface area (TPSA) is 17.1 Å². The highest BCUT2D eigenvalue weighted by Gasteiger charge is 1.99. The Morgan fingerprint density at radius 3 is 2.44 bits per heavy atom. The van der Waals surface area contributed by atoms with Crippen molar-refractivity contribution in [3.63, 3.8) is 0 Å². The average molecular weight is 257 g/mol. The SMILES string of the molecule is O=C/C(=C/CCCCCl)c1ccc(Cl)cc1. The van der Waals surface area contributed by atoms with E-state index in [4.69, 9.17) is 23.2 Å². The van der Waals surface area contributed by atoms with Gasteiger partial charge in [-0.25, -0.2) is 0 Å². The second-order valence-electron chi connectivity index (χ2n) is 3.47. The number of carbonyl (C=O) groups is 1. The van der Waals surface area contributed by atoms with E-state index in [0.717, 1.165) is 31.1 Å². The summed E-state index contributed by atoms with van der Waals surface area (Å²) in [5, 5.41) is 0.677. The Hall–Kier alpha value is -0.790. The molecule has 1 nitrogen and oxygen atoms in total. The largest absolute Gasteiger partial charge is 0.298 e. The molecule has 0 atom stereocenters. The van der Waals surface area contributed by atoms with Crippen molar-refractivity contribution in [2.75, 3.05) is 5.88 Å². The second-order valence-corrected chi connectivity index (χ2v) is 4.28. The van der Waals surface area contributed by atoms with E-state index in [-0.39, 0.29) is 0 Å². The summed E-state index contributed by atoms with van der Waals surface area (Å²) in [4.78, 5) is 10.9. The summed E-state index contributed by atoms with van der Waals surface area (Å²) < 4.78 is 0. The summed E-state index contributed by atoms with van der Waals surface area (Å²) in [5.41, 5.74) is 1.62. The molecule has 0 saturated carbocycles. The zero-order chi connectivity index (χ0) is 11.8. The van der Waals surface area contributed by atoms with Gasteiger partial charge < -0.3 is 0 Å². The maximum Gasteiger partial charge on any atom is 0.150 e. The molecule has 0 heterocycles. The molecule has 1 aromatic rings. The molecule has 0 bridgehead atoms. The predicted octanol–water partition coefficient (Wildman–Crippen LogP) is 4.33. The lowest BCUT2D eigenvalue weighted by molar-refractivity contribution is -0.103. The van der Waals surface area contributed by atoms with Crippen molar-refractivity contribution < 1.29 is 4.79 Å². The molecule has 1 rings (SSSR count). The molecule has 16 heavy (non-hydrogen) atoms. The van der Waals surface area contributed by atoms with Crippen molar-refractivity contribution in [2.45, 2.75) is 19.3 Å². The minimum atomic E-state index is 0.672. The van der Waals surface area contributed by atoms with Gasteiger partial charge in [0, 0.05) is 16.5 Å². The van der Waals surface area contributed by atoms with Gasteiger partial charge in [-0.3, -0.25) is 4.79 Å². The fourth-order valence-electron chi connectivity index (χ4n) is 1.37. The highest BCUT2D eigenvalue weighted by Crippen LogP contribution is 2.17. The molecule has 86 valence electrons. The molecule has 0 radical (unpaired) electrons. The molecule has 1 aromatic carbocycles. The van der Waals surface area contributed by atoms with Crippen LogP contribution in [-0.4, -0.2) is 12.2 Å². The first kappa shape index (κ1) is 13.3. The van der Waals surface area contributed by atoms with Gasteiger partial charge in [0.25, 0.3) is 0 Å². The van der Waals surface area contributed by atoms with Crippen LogP contribution in [0.25, 0.3) is 5.57 Å². The van der Waals surface area contributed by atoms with E-state index >= 15 is 0 Å². The maximum atomic E-state index is 10.9. The molecule has 0 spiro atoms. The number of unbranched alkanes of at least 4 members (excludes halogenated alkanes) is 2. The standard InChI is InChI=1S/C13H14Cl2O/c14-9-3-1-2-4-12(10-16)11-5-7-13(15)8-6-11/h4-8,10H,1-3,9H2/b12-4-. The van der Waals surface area contributed by atoms with E-state index in [1.165, 1.54) is 0 Å². The smallest absolute Gasteiger partial charge is 0.150 e. The van der Waals surface area contributed by atoms with Crippen molar-refractivity contribution in [3.05, 3.63) is 40.9 Å². The Labute approximate surface area is 106 Å². The van der Waals surface area contributed by atoms with Crippen molar-refractivity contribution >= 4 is 35.1 Å². The van der Waals surface area contributed by atoms with Crippen molar-refractivity contribution in [2.24, 2.45) is 0 Å². The first-order chi connectivity index (χ1) is 7.77. The van der Waals surface area contributed by atoms with E-state index in [2.05, 4.69) is 0 Å². The van der Waals surface area contributed by atoms with Crippen LogP contribution in [0.1, 0.15) is 24.8 Å². The highest BCUT2D eigenvalue weighted by molar-refractivity contribution is 6.30. The number of hydrogen-bond donors (Lipinski definition) is 0.